The highest BCUT2D eigenvalue weighted by atomic mass is 17.2. The molecule has 9 atom stereocenters. The highest BCUT2D eigenvalue weighted by molar-refractivity contribution is 5.65. The van der Waals surface area contributed by atoms with Crippen LogP contribution in [0.15, 0.2) is 11.6 Å². The summed E-state index contributed by atoms with van der Waals surface area (Å²) in [5.74, 6) is 3.48. The molecule has 0 aromatic rings. The normalized spacial score (nSPS) is 43.3. The smallest absolute Gasteiger partial charge is 0.339 e. The molecule has 3 saturated carbocycles. The maximum absolute atomic E-state index is 11.6. The Balaban J connectivity index is 1.60. The summed E-state index contributed by atoms with van der Waals surface area (Å²) in [7, 11) is 0. The van der Waals surface area contributed by atoms with Crippen LogP contribution < -0.4 is 0 Å². The second-order valence-corrected chi connectivity index (χ2v) is 13.0. The highest BCUT2D eigenvalue weighted by Crippen LogP contribution is 2.67. The summed E-state index contributed by atoms with van der Waals surface area (Å²) >= 11 is 0. The third-order valence-corrected chi connectivity index (χ3v) is 10.6. The first kappa shape index (κ1) is 25.2. The van der Waals surface area contributed by atoms with Gasteiger partial charge >= 0.3 is 5.97 Å². The molecule has 0 bridgehead atoms. The van der Waals surface area contributed by atoms with Crippen molar-refractivity contribution in [2.75, 3.05) is 0 Å². The average Bonchev–Trinajstić information content (AvgIpc) is 3.09. The molecule has 3 fully saturated rings. The van der Waals surface area contributed by atoms with Crippen molar-refractivity contribution >= 4 is 5.97 Å². The van der Waals surface area contributed by atoms with Crippen LogP contribution in [-0.2, 0) is 14.6 Å². The third kappa shape index (κ3) is 4.68. The van der Waals surface area contributed by atoms with Gasteiger partial charge in [0.25, 0.3) is 0 Å². The summed E-state index contributed by atoms with van der Waals surface area (Å²) in [6.45, 7) is 13.6. The molecular formula is C29H48O4. The predicted octanol–water partition coefficient (Wildman–Crippen LogP) is 6.86. The SMILES string of the molecule is CC(=O)OO[C@H]1C=C2C[C@@H](O)CC[C@]2(C)[C@H]2CC[C@]3(C)[C@@H]([C@H](C)CCCC(C)C)CC[C@H]3[C@H]12. The number of hydrogen-bond donors (Lipinski definition) is 1. The topological polar surface area (TPSA) is 55.8 Å². The standard InChI is InChI=1S/C29H48O4/c1-18(2)8-7-9-19(3)23-10-11-24-27-25(13-15-29(23,24)6)28(5)14-12-22(31)16-21(28)17-26(27)33-32-20(4)30/h17-19,22-27,31H,7-16H2,1-6H3/t19-,22+,23-,24+,25+,26+,27+,28+,29-/m1/s1. The van der Waals surface area contributed by atoms with E-state index in [-0.39, 0.29) is 23.6 Å². The van der Waals surface area contributed by atoms with Gasteiger partial charge in [0.1, 0.15) is 6.10 Å². The van der Waals surface area contributed by atoms with Crippen LogP contribution in [0.25, 0.3) is 0 Å². The van der Waals surface area contributed by atoms with E-state index in [2.05, 4.69) is 40.7 Å². The fraction of sp³-hybridized carbons (Fsp3) is 0.897. The molecule has 0 aromatic carbocycles. The molecule has 0 saturated heterocycles. The van der Waals surface area contributed by atoms with Gasteiger partial charge in [0.05, 0.1) is 6.10 Å². The summed E-state index contributed by atoms with van der Waals surface area (Å²) in [5.41, 5.74) is 1.81. The second kappa shape index (κ2) is 9.64. The molecule has 0 radical (unpaired) electrons. The van der Waals surface area contributed by atoms with Crippen molar-refractivity contribution in [1.29, 1.82) is 0 Å². The number of carbonyl (C=O) groups is 1. The molecule has 4 nitrogen and oxygen atoms in total. The molecule has 0 unspecified atom stereocenters. The summed E-state index contributed by atoms with van der Waals surface area (Å²) in [4.78, 5) is 22.6. The highest BCUT2D eigenvalue weighted by Gasteiger charge is 2.61. The first-order valence-electron chi connectivity index (χ1n) is 13.8. The van der Waals surface area contributed by atoms with E-state index >= 15 is 0 Å². The fourth-order valence-electron chi connectivity index (χ4n) is 8.84. The van der Waals surface area contributed by atoms with Crippen LogP contribution in [0.4, 0.5) is 0 Å². The van der Waals surface area contributed by atoms with Crippen molar-refractivity contribution in [2.24, 2.45) is 46.3 Å². The van der Waals surface area contributed by atoms with Gasteiger partial charge in [-0.15, -0.1) is 0 Å². The molecule has 188 valence electrons. The van der Waals surface area contributed by atoms with Crippen molar-refractivity contribution in [2.45, 2.75) is 118 Å². The Morgan fingerprint density at radius 2 is 1.85 bits per heavy atom. The lowest BCUT2D eigenvalue weighted by Gasteiger charge is -2.59. The van der Waals surface area contributed by atoms with Crippen molar-refractivity contribution < 1.29 is 19.7 Å². The van der Waals surface area contributed by atoms with Gasteiger partial charge in [-0.3, -0.25) is 4.89 Å². The molecule has 0 aliphatic heterocycles. The Bertz CT molecular complexity index is 744. The number of aliphatic hydroxyl groups excluding tert-OH is 1. The molecule has 4 rings (SSSR count). The molecule has 0 heterocycles. The minimum absolute atomic E-state index is 0.141. The van der Waals surface area contributed by atoms with Gasteiger partial charge in [-0.2, -0.15) is 4.89 Å². The Labute approximate surface area is 201 Å². The van der Waals surface area contributed by atoms with Gasteiger partial charge in [0.15, 0.2) is 0 Å². The van der Waals surface area contributed by atoms with Crippen molar-refractivity contribution in [1.82, 2.24) is 0 Å². The van der Waals surface area contributed by atoms with Gasteiger partial charge in [0, 0.05) is 6.92 Å². The van der Waals surface area contributed by atoms with Gasteiger partial charge in [-0.25, -0.2) is 4.79 Å². The van der Waals surface area contributed by atoms with Gasteiger partial charge < -0.3 is 5.11 Å². The van der Waals surface area contributed by atoms with Crippen molar-refractivity contribution in [3.8, 4) is 0 Å². The minimum Gasteiger partial charge on any atom is -0.393 e. The van der Waals surface area contributed by atoms with Crippen LogP contribution in [0, 0.1) is 46.3 Å². The maximum Gasteiger partial charge on any atom is 0.339 e. The van der Waals surface area contributed by atoms with Crippen LogP contribution in [-0.4, -0.2) is 23.3 Å². The fourth-order valence-corrected chi connectivity index (χ4v) is 8.84. The number of carbonyl (C=O) groups excluding carboxylic acids is 1. The van der Waals surface area contributed by atoms with E-state index < -0.39 is 0 Å². The molecule has 0 aromatic heterocycles. The van der Waals surface area contributed by atoms with Crippen LogP contribution in [0.2, 0.25) is 0 Å². The Hall–Kier alpha value is -0.870. The molecule has 4 heteroatoms. The zero-order valence-corrected chi connectivity index (χ0v) is 21.9. The van der Waals surface area contributed by atoms with Crippen LogP contribution in [0.3, 0.4) is 0 Å². The summed E-state index contributed by atoms with van der Waals surface area (Å²) < 4.78 is 0. The van der Waals surface area contributed by atoms with Gasteiger partial charge in [-0.05, 0) is 91.3 Å². The second-order valence-electron chi connectivity index (χ2n) is 13.0. The van der Waals surface area contributed by atoms with E-state index in [0.717, 1.165) is 37.0 Å². The maximum atomic E-state index is 11.6. The van der Waals surface area contributed by atoms with E-state index in [1.807, 2.05) is 0 Å². The van der Waals surface area contributed by atoms with Crippen molar-refractivity contribution in [3.05, 3.63) is 11.6 Å². The first-order chi connectivity index (χ1) is 15.6. The molecule has 33 heavy (non-hydrogen) atoms. The van der Waals surface area contributed by atoms with Crippen LogP contribution in [0.5, 0.6) is 0 Å². The quantitative estimate of drug-likeness (QED) is 0.256. The largest absolute Gasteiger partial charge is 0.393 e. The Kier molecular flexibility index (Phi) is 7.37. The average molecular weight is 461 g/mol. The zero-order valence-electron chi connectivity index (χ0n) is 21.9. The van der Waals surface area contributed by atoms with Gasteiger partial charge in [0.2, 0.25) is 0 Å². The van der Waals surface area contributed by atoms with E-state index in [1.165, 1.54) is 57.4 Å². The number of fused-ring (bicyclic) bond motifs is 5. The number of rotatable bonds is 7. The zero-order chi connectivity index (χ0) is 24.0. The van der Waals surface area contributed by atoms with Crippen molar-refractivity contribution in [3.63, 3.8) is 0 Å². The van der Waals surface area contributed by atoms with Crippen LogP contribution in [0.1, 0.15) is 106 Å². The lowest BCUT2D eigenvalue weighted by Crippen LogP contribution is -2.55. The summed E-state index contributed by atoms with van der Waals surface area (Å²) in [6.07, 6.45) is 13.6. The molecule has 4 aliphatic rings. The van der Waals surface area contributed by atoms with E-state index in [9.17, 15) is 9.90 Å². The summed E-state index contributed by atoms with van der Waals surface area (Å²) in [6, 6.07) is 0. The molecule has 0 spiro atoms. The van der Waals surface area contributed by atoms with Crippen LogP contribution >= 0.6 is 0 Å². The molecular weight excluding hydrogens is 412 g/mol. The predicted molar refractivity (Wildman–Crippen MR) is 131 cm³/mol. The first-order valence-corrected chi connectivity index (χ1v) is 13.8. The minimum atomic E-state index is -0.386. The number of aliphatic hydroxyl groups is 1. The van der Waals surface area contributed by atoms with E-state index in [4.69, 9.17) is 9.78 Å². The Morgan fingerprint density at radius 3 is 2.55 bits per heavy atom. The van der Waals surface area contributed by atoms with E-state index in [0.29, 0.717) is 23.2 Å². The lowest BCUT2D eigenvalue weighted by atomic mass is 9.46. The molecule has 4 aliphatic carbocycles. The molecule has 1 N–H and O–H groups in total. The lowest BCUT2D eigenvalue weighted by molar-refractivity contribution is -0.309. The van der Waals surface area contributed by atoms with Gasteiger partial charge in [-0.1, -0.05) is 65.5 Å². The monoisotopic (exact) mass is 460 g/mol. The molecule has 0 amide bonds. The summed E-state index contributed by atoms with van der Waals surface area (Å²) in [5, 5.41) is 10.4. The Morgan fingerprint density at radius 1 is 1.09 bits per heavy atom. The third-order valence-electron chi connectivity index (χ3n) is 10.6. The number of hydrogen-bond acceptors (Lipinski definition) is 4. The van der Waals surface area contributed by atoms with E-state index in [1.54, 1.807) is 0 Å².